The third-order valence-electron chi connectivity index (χ3n) is 3.00. The molecule has 2 N–H and O–H groups in total. The van der Waals surface area contributed by atoms with E-state index in [-0.39, 0.29) is 5.78 Å². The lowest BCUT2D eigenvalue weighted by Gasteiger charge is -2.10. The fourth-order valence-electron chi connectivity index (χ4n) is 1.87. The van der Waals surface area contributed by atoms with E-state index >= 15 is 0 Å². The molecule has 1 aromatic heterocycles. The van der Waals surface area contributed by atoms with Crippen molar-refractivity contribution in [3.63, 3.8) is 0 Å². The standard InChI is InChI=1S/C15H17BrN4OS/c1-11(21)12-3-5-14(6-4-12)19-15(22)17-7-2-8-20-10-13(16)9-18-20/h3-6,9-10H,2,7-8H2,1H3,(H2,17,19,22). The van der Waals surface area contributed by atoms with Gasteiger partial charge in [-0.25, -0.2) is 0 Å². The predicted octanol–water partition coefficient (Wildman–Crippen LogP) is 3.22. The first-order chi connectivity index (χ1) is 10.5. The minimum absolute atomic E-state index is 0.0532. The van der Waals surface area contributed by atoms with Crippen LogP contribution in [0.15, 0.2) is 41.1 Å². The smallest absolute Gasteiger partial charge is 0.170 e. The van der Waals surface area contributed by atoms with Crippen LogP contribution in [0, 0.1) is 0 Å². The number of benzene rings is 1. The van der Waals surface area contributed by atoms with Gasteiger partial charge in [0.15, 0.2) is 10.9 Å². The molecule has 22 heavy (non-hydrogen) atoms. The molecule has 1 heterocycles. The van der Waals surface area contributed by atoms with Gasteiger partial charge in [0.2, 0.25) is 0 Å². The van der Waals surface area contributed by atoms with Crippen molar-refractivity contribution in [2.24, 2.45) is 0 Å². The second-order valence-corrected chi connectivity index (χ2v) is 6.11. The number of carbonyl (C=O) groups is 1. The topological polar surface area (TPSA) is 59.0 Å². The molecule has 5 nitrogen and oxygen atoms in total. The van der Waals surface area contributed by atoms with Crippen LogP contribution >= 0.6 is 28.1 Å². The summed E-state index contributed by atoms with van der Waals surface area (Å²) in [6, 6.07) is 7.24. The van der Waals surface area contributed by atoms with Gasteiger partial charge in [0, 0.05) is 30.5 Å². The van der Waals surface area contributed by atoms with Crippen LogP contribution in [0.25, 0.3) is 0 Å². The molecular weight excluding hydrogens is 364 g/mol. The zero-order chi connectivity index (χ0) is 15.9. The van der Waals surface area contributed by atoms with Gasteiger partial charge in [-0.3, -0.25) is 9.48 Å². The molecule has 0 radical (unpaired) electrons. The fraction of sp³-hybridized carbons (Fsp3) is 0.267. The van der Waals surface area contributed by atoms with Crippen molar-refractivity contribution in [3.8, 4) is 0 Å². The second kappa shape index (κ2) is 8.05. The molecule has 0 saturated heterocycles. The molecule has 2 aromatic rings. The molecule has 7 heteroatoms. The summed E-state index contributed by atoms with van der Waals surface area (Å²) in [6.45, 7) is 3.14. The Balaban J connectivity index is 1.70. The largest absolute Gasteiger partial charge is 0.362 e. The summed E-state index contributed by atoms with van der Waals surface area (Å²) in [5.41, 5.74) is 1.55. The Morgan fingerprint density at radius 3 is 2.68 bits per heavy atom. The van der Waals surface area contributed by atoms with Gasteiger partial charge >= 0.3 is 0 Å². The molecule has 116 valence electrons. The van der Waals surface area contributed by atoms with Crippen molar-refractivity contribution in [1.29, 1.82) is 0 Å². The minimum atomic E-state index is 0.0532. The van der Waals surface area contributed by atoms with E-state index in [4.69, 9.17) is 12.2 Å². The number of nitrogens with one attached hydrogen (secondary N) is 2. The average Bonchev–Trinajstić information content (AvgIpc) is 2.90. The lowest BCUT2D eigenvalue weighted by molar-refractivity contribution is 0.101. The Labute approximate surface area is 143 Å². The third kappa shape index (κ3) is 5.23. The van der Waals surface area contributed by atoms with E-state index < -0.39 is 0 Å². The third-order valence-corrected chi connectivity index (χ3v) is 3.66. The number of anilines is 1. The van der Waals surface area contributed by atoms with Crippen molar-refractivity contribution in [1.82, 2.24) is 15.1 Å². The van der Waals surface area contributed by atoms with Gasteiger partial charge in [-0.15, -0.1) is 0 Å². The highest BCUT2D eigenvalue weighted by molar-refractivity contribution is 9.10. The number of hydrogen-bond acceptors (Lipinski definition) is 3. The van der Waals surface area contributed by atoms with E-state index in [2.05, 4.69) is 31.7 Å². The van der Waals surface area contributed by atoms with Crippen molar-refractivity contribution < 1.29 is 4.79 Å². The van der Waals surface area contributed by atoms with Crippen LogP contribution in [-0.2, 0) is 6.54 Å². The van der Waals surface area contributed by atoms with Crippen molar-refractivity contribution in [2.45, 2.75) is 19.9 Å². The maximum Gasteiger partial charge on any atom is 0.170 e. The lowest BCUT2D eigenvalue weighted by atomic mass is 10.1. The van der Waals surface area contributed by atoms with Crippen LogP contribution in [0.1, 0.15) is 23.7 Å². The number of aryl methyl sites for hydroxylation is 1. The number of nitrogens with zero attached hydrogens (tertiary/aromatic N) is 2. The maximum absolute atomic E-state index is 11.2. The summed E-state index contributed by atoms with van der Waals surface area (Å²) in [6.07, 6.45) is 4.62. The van der Waals surface area contributed by atoms with E-state index in [1.54, 1.807) is 25.3 Å². The van der Waals surface area contributed by atoms with Crippen LogP contribution in [0.4, 0.5) is 5.69 Å². The summed E-state index contributed by atoms with van der Waals surface area (Å²) in [5.74, 6) is 0.0532. The number of rotatable bonds is 6. The first-order valence-corrected chi connectivity index (χ1v) is 8.08. The number of ketones is 1. The number of aromatic nitrogens is 2. The van der Waals surface area contributed by atoms with E-state index in [1.807, 2.05) is 23.0 Å². The number of carbonyl (C=O) groups excluding carboxylic acids is 1. The molecule has 0 unspecified atom stereocenters. The zero-order valence-corrected chi connectivity index (χ0v) is 14.6. The molecule has 0 spiro atoms. The molecule has 1 aromatic carbocycles. The number of halogens is 1. The monoisotopic (exact) mass is 380 g/mol. The number of hydrogen-bond donors (Lipinski definition) is 2. The van der Waals surface area contributed by atoms with E-state index in [1.165, 1.54) is 0 Å². The molecule has 0 saturated carbocycles. The summed E-state index contributed by atoms with van der Waals surface area (Å²) in [5, 5.41) is 11.0. The van der Waals surface area contributed by atoms with Crippen LogP contribution in [0.3, 0.4) is 0 Å². The lowest BCUT2D eigenvalue weighted by Crippen LogP contribution is -2.29. The molecular formula is C15H17BrN4OS. The zero-order valence-electron chi connectivity index (χ0n) is 12.2. The summed E-state index contributed by atoms with van der Waals surface area (Å²) < 4.78 is 2.86. The number of Topliss-reactive ketones (excluding diaryl/α,β-unsaturated/α-hetero) is 1. The Hall–Kier alpha value is -1.73. The SMILES string of the molecule is CC(=O)c1ccc(NC(=S)NCCCn2cc(Br)cn2)cc1. The Kier molecular flexibility index (Phi) is 6.09. The van der Waals surface area contributed by atoms with Gasteiger partial charge in [0.25, 0.3) is 0 Å². The van der Waals surface area contributed by atoms with Gasteiger partial charge < -0.3 is 10.6 Å². The van der Waals surface area contributed by atoms with Crippen LogP contribution in [0.2, 0.25) is 0 Å². The molecule has 0 amide bonds. The van der Waals surface area contributed by atoms with Gasteiger partial charge in [0.05, 0.1) is 10.7 Å². The van der Waals surface area contributed by atoms with Crippen molar-refractivity contribution in [3.05, 3.63) is 46.7 Å². The normalized spacial score (nSPS) is 10.3. The highest BCUT2D eigenvalue weighted by Gasteiger charge is 2.01. The van der Waals surface area contributed by atoms with E-state index in [0.29, 0.717) is 10.7 Å². The molecule has 0 bridgehead atoms. The first-order valence-electron chi connectivity index (χ1n) is 6.88. The highest BCUT2D eigenvalue weighted by atomic mass is 79.9. The fourth-order valence-corrected chi connectivity index (χ4v) is 2.41. The number of thiocarbonyl (C=S) groups is 1. The van der Waals surface area contributed by atoms with E-state index in [0.717, 1.165) is 29.7 Å². The quantitative estimate of drug-likeness (QED) is 0.457. The Morgan fingerprint density at radius 1 is 1.36 bits per heavy atom. The summed E-state index contributed by atoms with van der Waals surface area (Å²) >= 11 is 8.60. The molecule has 0 aliphatic heterocycles. The average molecular weight is 381 g/mol. The minimum Gasteiger partial charge on any atom is -0.362 e. The Morgan fingerprint density at radius 2 is 2.09 bits per heavy atom. The van der Waals surface area contributed by atoms with Gasteiger partial charge in [-0.05, 0) is 65.8 Å². The second-order valence-electron chi connectivity index (χ2n) is 4.79. The van der Waals surface area contributed by atoms with Crippen LogP contribution in [0.5, 0.6) is 0 Å². The highest BCUT2D eigenvalue weighted by Crippen LogP contribution is 2.10. The molecule has 0 aliphatic carbocycles. The molecule has 0 aliphatic rings. The Bertz CT molecular complexity index is 654. The van der Waals surface area contributed by atoms with Gasteiger partial charge in [0.1, 0.15) is 0 Å². The summed E-state index contributed by atoms with van der Waals surface area (Å²) in [7, 11) is 0. The van der Waals surface area contributed by atoms with E-state index in [9.17, 15) is 4.79 Å². The van der Waals surface area contributed by atoms with Crippen LogP contribution < -0.4 is 10.6 Å². The maximum atomic E-state index is 11.2. The molecule has 0 atom stereocenters. The van der Waals surface area contributed by atoms with Gasteiger partial charge in [-0.1, -0.05) is 0 Å². The van der Waals surface area contributed by atoms with Crippen LogP contribution in [-0.4, -0.2) is 27.2 Å². The first kappa shape index (κ1) is 16.6. The van der Waals surface area contributed by atoms with Crippen molar-refractivity contribution in [2.75, 3.05) is 11.9 Å². The molecule has 2 rings (SSSR count). The molecule has 0 fully saturated rings. The van der Waals surface area contributed by atoms with Gasteiger partial charge in [-0.2, -0.15) is 5.10 Å². The van der Waals surface area contributed by atoms with Crippen molar-refractivity contribution >= 4 is 44.7 Å². The predicted molar refractivity (Wildman–Crippen MR) is 95.2 cm³/mol. The summed E-state index contributed by atoms with van der Waals surface area (Å²) in [4.78, 5) is 11.2.